The van der Waals surface area contributed by atoms with E-state index < -0.39 is 11.7 Å². The zero-order valence-corrected chi connectivity index (χ0v) is 17.6. The minimum atomic E-state index is -0.661. The number of hydrogen-bond acceptors (Lipinski definition) is 5. The fourth-order valence-corrected chi connectivity index (χ4v) is 3.71. The van der Waals surface area contributed by atoms with E-state index in [0.29, 0.717) is 43.4 Å². The molecule has 1 aromatic heterocycles. The molecule has 1 aliphatic rings. The van der Waals surface area contributed by atoms with Crippen molar-refractivity contribution in [1.82, 2.24) is 20.0 Å². The molecule has 0 spiro atoms. The normalized spacial score (nSPS) is 13.9. The average molecular weight is 438 g/mol. The van der Waals surface area contributed by atoms with Crippen LogP contribution in [-0.4, -0.2) is 58.0 Å². The van der Waals surface area contributed by atoms with E-state index in [4.69, 9.17) is 4.74 Å². The van der Waals surface area contributed by atoms with Crippen molar-refractivity contribution in [3.63, 3.8) is 0 Å². The number of aromatic nitrogens is 2. The molecule has 9 heteroatoms. The maximum atomic E-state index is 14.5. The molecule has 0 atom stereocenters. The molecule has 32 heavy (non-hydrogen) atoms. The lowest BCUT2D eigenvalue weighted by Gasteiger charge is -2.35. The second-order valence-corrected chi connectivity index (χ2v) is 7.57. The first-order valence-electron chi connectivity index (χ1n) is 10.5. The molecule has 0 bridgehead atoms. The summed E-state index contributed by atoms with van der Waals surface area (Å²) < 4.78 is 20.3. The van der Waals surface area contributed by atoms with Gasteiger partial charge in [-0.3, -0.25) is 14.4 Å². The third kappa shape index (κ3) is 4.32. The summed E-state index contributed by atoms with van der Waals surface area (Å²) in [7, 11) is 0. The van der Waals surface area contributed by atoms with E-state index in [1.807, 2.05) is 6.92 Å². The van der Waals surface area contributed by atoms with Gasteiger partial charge in [-0.05, 0) is 36.8 Å². The molecule has 0 saturated carbocycles. The van der Waals surface area contributed by atoms with Gasteiger partial charge < -0.3 is 14.5 Å². The topological polar surface area (TPSA) is 95.6 Å². The second kappa shape index (κ2) is 9.17. The van der Waals surface area contributed by atoms with Gasteiger partial charge >= 0.3 is 0 Å². The highest BCUT2D eigenvalue weighted by molar-refractivity contribution is 5.95. The first-order chi connectivity index (χ1) is 15.5. The standard InChI is InChI=1S/C23H23FN4O4/c1-2-5-20(29)27-10-12-28(13-11-27)23(31)18-14-15(8-9-19(18)24)32-22-17-7-4-3-6-16(17)21(30)25-26-22/h3-4,6-9,14H,2,5,10-13H2,1H3,(H,25,30). The smallest absolute Gasteiger partial charge is 0.272 e. The molecule has 166 valence electrons. The number of fused-ring (bicyclic) bond motifs is 1. The van der Waals surface area contributed by atoms with Gasteiger partial charge in [-0.1, -0.05) is 19.1 Å². The molecule has 3 aromatic rings. The largest absolute Gasteiger partial charge is 0.437 e. The summed E-state index contributed by atoms with van der Waals surface area (Å²) in [6.07, 6.45) is 1.25. The summed E-state index contributed by atoms with van der Waals surface area (Å²) >= 11 is 0. The first kappa shape index (κ1) is 21.5. The van der Waals surface area contributed by atoms with Crippen molar-refractivity contribution < 1.29 is 18.7 Å². The predicted octanol–water partition coefficient (Wildman–Crippen LogP) is 2.94. The van der Waals surface area contributed by atoms with Crippen LogP contribution in [0.25, 0.3) is 10.8 Å². The summed E-state index contributed by atoms with van der Waals surface area (Å²) in [6, 6.07) is 10.7. The Bertz CT molecular complexity index is 1220. The number of hydrogen-bond donors (Lipinski definition) is 1. The molecule has 1 aliphatic heterocycles. The summed E-state index contributed by atoms with van der Waals surface area (Å²) in [4.78, 5) is 40.2. The highest BCUT2D eigenvalue weighted by atomic mass is 19.1. The van der Waals surface area contributed by atoms with Gasteiger partial charge in [0.1, 0.15) is 11.6 Å². The number of amides is 2. The van der Waals surface area contributed by atoms with E-state index in [1.165, 1.54) is 17.0 Å². The molecule has 8 nitrogen and oxygen atoms in total. The van der Waals surface area contributed by atoms with Crippen LogP contribution in [0.15, 0.2) is 47.3 Å². The SMILES string of the molecule is CCCC(=O)N1CCN(C(=O)c2cc(Oc3n[nH]c(=O)c4ccccc34)ccc2F)CC1. The van der Waals surface area contributed by atoms with Crippen LogP contribution in [0.2, 0.25) is 0 Å². The number of nitrogens with zero attached hydrogens (tertiary/aromatic N) is 3. The van der Waals surface area contributed by atoms with Crippen molar-refractivity contribution in [2.75, 3.05) is 26.2 Å². The number of carbonyl (C=O) groups excluding carboxylic acids is 2. The highest BCUT2D eigenvalue weighted by Crippen LogP contribution is 2.27. The number of H-pyrrole nitrogens is 1. The molecule has 0 unspecified atom stereocenters. The van der Waals surface area contributed by atoms with Crippen molar-refractivity contribution >= 4 is 22.6 Å². The Morgan fingerprint density at radius 3 is 2.47 bits per heavy atom. The van der Waals surface area contributed by atoms with E-state index in [0.717, 1.165) is 12.5 Å². The lowest BCUT2D eigenvalue weighted by atomic mass is 10.1. The van der Waals surface area contributed by atoms with Gasteiger partial charge in [0, 0.05) is 32.6 Å². The number of piperazine rings is 1. The third-order valence-electron chi connectivity index (χ3n) is 5.43. The zero-order valence-electron chi connectivity index (χ0n) is 17.6. The van der Waals surface area contributed by atoms with Gasteiger partial charge in [0.15, 0.2) is 0 Å². The zero-order chi connectivity index (χ0) is 22.7. The minimum Gasteiger partial charge on any atom is -0.437 e. The average Bonchev–Trinajstić information content (AvgIpc) is 2.82. The van der Waals surface area contributed by atoms with E-state index in [1.54, 1.807) is 29.2 Å². The van der Waals surface area contributed by atoms with Crippen LogP contribution in [-0.2, 0) is 4.79 Å². The Balaban J connectivity index is 1.53. The molecule has 1 saturated heterocycles. The maximum absolute atomic E-state index is 14.5. The fraction of sp³-hybridized carbons (Fsp3) is 0.304. The van der Waals surface area contributed by atoms with Crippen molar-refractivity contribution in [1.29, 1.82) is 0 Å². The van der Waals surface area contributed by atoms with E-state index in [-0.39, 0.29) is 28.7 Å². The van der Waals surface area contributed by atoms with Crippen molar-refractivity contribution in [3.8, 4) is 11.6 Å². The van der Waals surface area contributed by atoms with E-state index >= 15 is 0 Å². The van der Waals surface area contributed by atoms with Crippen LogP contribution in [0.5, 0.6) is 11.6 Å². The minimum absolute atomic E-state index is 0.0711. The van der Waals surface area contributed by atoms with E-state index in [9.17, 15) is 18.8 Å². The summed E-state index contributed by atoms with van der Waals surface area (Å²) in [5.41, 5.74) is -0.468. The predicted molar refractivity (Wildman–Crippen MR) is 116 cm³/mol. The molecule has 2 heterocycles. The molecule has 1 fully saturated rings. The van der Waals surface area contributed by atoms with Crippen molar-refractivity contribution in [2.24, 2.45) is 0 Å². The van der Waals surface area contributed by atoms with Crippen LogP contribution in [0, 0.1) is 5.82 Å². The summed E-state index contributed by atoms with van der Waals surface area (Å²) in [5, 5.41) is 7.23. The Kier molecular flexibility index (Phi) is 6.16. The van der Waals surface area contributed by atoms with Gasteiger partial charge in [0.25, 0.3) is 11.5 Å². The highest BCUT2D eigenvalue weighted by Gasteiger charge is 2.26. The number of ether oxygens (including phenoxy) is 1. The summed E-state index contributed by atoms with van der Waals surface area (Å²) in [5.74, 6) is -0.688. The number of benzene rings is 2. The number of nitrogens with one attached hydrogen (secondary N) is 1. The lowest BCUT2D eigenvalue weighted by Crippen LogP contribution is -2.50. The quantitative estimate of drug-likeness (QED) is 0.661. The second-order valence-electron chi connectivity index (χ2n) is 7.57. The number of halogens is 1. The van der Waals surface area contributed by atoms with Crippen LogP contribution < -0.4 is 10.3 Å². The van der Waals surface area contributed by atoms with Crippen LogP contribution in [0.1, 0.15) is 30.1 Å². The molecular formula is C23H23FN4O4. The molecule has 4 rings (SSSR count). The fourth-order valence-electron chi connectivity index (χ4n) is 3.71. The van der Waals surface area contributed by atoms with Gasteiger partial charge in [0.2, 0.25) is 11.8 Å². The molecular weight excluding hydrogens is 415 g/mol. The molecule has 1 N–H and O–H groups in total. The molecule has 0 radical (unpaired) electrons. The Hall–Kier alpha value is -3.75. The van der Waals surface area contributed by atoms with Crippen molar-refractivity contribution in [3.05, 3.63) is 64.2 Å². The maximum Gasteiger partial charge on any atom is 0.272 e. The van der Waals surface area contributed by atoms with Crippen LogP contribution in [0.4, 0.5) is 4.39 Å². The van der Waals surface area contributed by atoms with Crippen molar-refractivity contribution in [2.45, 2.75) is 19.8 Å². The first-order valence-corrected chi connectivity index (χ1v) is 10.5. The molecule has 2 amide bonds. The lowest BCUT2D eigenvalue weighted by molar-refractivity contribution is -0.132. The Morgan fingerprint density at radius 2 is 1.75 bits per heavy atom. The molecule has 2 aromatic carbocycles. The van der Waals surface area contributed by atoms with Crippen LogP contribution in [0.3, 0.4) is 0 Å². The van der Waals surface area contributed by atoms with Crippen LogP contribution >= 0.6 is 0 Å². The van der Waals surface area contributed by atoms with Gasteiger partial charge in [-0.15, -0.1) is 5.10 Å². The monoisotopic (exact) mass is 438 g/mol. The summed E-state index contributed by atoms with van der Waals surface area (Å²) in [6.45, 7) is 3.47. The van der Waals surface area contributed by atoms with E-state index in [2.05, 4.69) is 10.2 Å². The number of carbonyl (C=O) groups is 2. The Labute approximate surface area is 183 Å². The Morgan fingerprint density at radius 1 is 1.06 bits per heavy atom. The number of aromatic amines is 1. The van der Waals surface area contributed by atoms with Gasteiger partial charge in [0.05, 0.1) is 16.3 Å². The van der Waals surface area contributed by atoms with Gasteiger partial charge in [-0.25, -0.2) is 9.49 Å². The number of rotatable bonds is 5. The van der Waals surface area contributed by atoms with Gasteiger partial charge in [-0.2, -0.15) is 0 Å². The molecule has 0 aliphatic carbocycles. The third-order valence-corrected chi connectivity index (χ3v) is 5.43.